The van der Waals surface area contributed by atoms with Crippen molar-refractivity contribution in [3.8, 4) is 0 Å². The Kier molecular flexibility index (Phi) is 2.91. The van der Waals surface area contributed by atoms with E-state index in [0.717, 1.165) is 5.56 Å². The van der Waals surface area contributed by atoms with E-state index in [1.165, 1.54) is 9.96 Å². The lowest BCUT2D eigenvalue weighted by molar-refractivity contribution is -0.153. The van der Waals surface area contributed by atoms with Crippen LogP contribution in [0, 0.1) is 11.8 Å². The number of benzene rings is 1. The molecule has 2 aliphatic heterocycles. The zero-order valence-electron chi connectivity index (χ0n) is 11.7. The van der Waals surface area contributed by atoms with Crippen LogP contribution in [0.5, 0.6) is 0 Å². The van der Waals surface area contributed by atoms with Gasteiger partial charge >= 0.3 is 12.2 Å². The third-order valence-corrected chi connectivity index (χ3v) is 4.70. The number of fused-ring (bicyclic) bond motifs is 1. The molecular weight excluding hydrogens is 297 g/mol. The number of hydrogen-bond acceptors (Lipinski definition) is 2. The number of nitrogens with zero attached hydrogens (tertiary/aromatic N) is 2. The third-order valence-electron chi connectivity index (χ3n) is 4.70. The second-order valence-corrected chi connectivity index (χ2v) is 6.03. The van der Waals surface area contributed by atoms with Crippen molar-refractivity contribution in [1.82, 2.24) is 9.96 Å². The van der Waals surface area contributed by atoms with Gasteiger partial charge in [0.05, 0.1) is 5.92 Å². The van der Waals surface area contributed by atoms with Crippen molar-refractivity contribution in [2.45, 2.75) is 31.3 Å². The van der Waals surface area contributed by atoms with Gasteiger partial charge in [0.15, 0.2) is 0 Å². The summed E-state index contributed by atoms with van der Waals surface area (Å²) in [7, 11) is 0. The zero-order valence-corrected chi connectivity index (χ0v) is 11.7. The molecule has 2 amide bonds. The van der Waals surface area contributed by atoms with E-state index >= 15 is 0 Å². The minimum atomic E-state index is -4.23. The Morgan fingerprint density at radius 2 is 1.95 bits per heavy atom. The summed E-state index contributed by atoms with van der Waals surface area (Å²) in [6.07, 6.45) is -3.54. The summed E-state index contributed by atoms with van der Waals surface area (Å²) in [6, 6.07) is 8.01. The Hall–Kier alpha value is -1.76. The lowest BCUT2D eigenvalue weighted by Crippen LogP contribution is -2.41. The number of carbonyl (C=O) groups excluding carboxylic acids is 1. The Bertz CT molecular complexity index is 592. The Labute approximate surface area is 125 Å². The molecule has 22 heavy (non-hydrogen) atoms. The Morgan fingerprint density at radius 3 is 2.64 bits per heavy atom. The number of halogens is 3. The maximum atomic E-state index is 13.0. The molecule has 4 nitrogen and oxygen atoms in total. The fraction of sp³-hybridized carbons (Fsp3) is 0.533. The quantitative estimate of drug-likeness (QED) is 0.746. The van der Waals surface area contributed by atoms with Gasteiger partial charge in [-0.1, -0.05) is 30.3 Å². The highest BCUT2D eigenvalue weighted by Gasteiger charge is 2.68. The molecule has 0 aromatic heterocycles. The van der Waals surface area contributed by atoms with Crippen molar-refractivity contribution in [2.75, 3.05) is 6.54 Å². The van der Waals surface area contributed by atoms with Crippen molar-refractivity contribution in [3.05, 3.63) is 35.9 Å². The van der Waals surface area contributed by atoms with Gasteiger partial charge in [0.25, 0.3) is 0 Å². The second kappa shape index (κ2) is 4.62. The van der Waals surface area contributed by atoms with Gasteiger partial charge in [-0.05, 0) is 18.8 Å². The molecule has 4 rings (SSSR count). The van der Waals surface area contributed by atoms with Crippen LogP contribution in [0.25, 0.3) is 0 Å². The molecule has 2 heterocycles. The van der Waals surface area contributed by atoms with Crippen molar-refractivity contribution in [3.63, 3.8) is 0 Å². The lowest BCUT2D eigenvalue weighted by atomic mass is 10.1. The van der Waals surface area contributed by atoms with Crippen LogP contribution in [0.15, 0.2) is 30.3 Å². The molecule has 7 heteroatoms. The van der Waals surface area contributed by atoms with Gasteiger partial charge < -0.3 is 4.90 Å². The van der Waals surface area contributed by atoms with Gasteiger partial charge in [0, 0.05) is 18.2 Å². The van der Waals surface area contributed by atoms with E-state index in [0.29, 0.717) is 19.4 Å². The summed E-state index contributed by atoms with van der Waals surface area (Å²) in [5.41, 5.74) is 0.826. The predicted octanol–water partition coefficient (Wildman–Crippen LogP) is 3.33. The number of alkyl halides is 3. The van der Waals surface area contributed by atoms with Crippen LogP contribution in [0.4, 0.5) is 18.0 Å². The Morgan fingerprint density at radius 1 is 1.23 bits per heavy atom. The number of rotatable bonds is 1. The average Bonchev–Trinajstić information content (AvgIpc) is 3.37. The van der Waals surface area contributed by atoms with Crippen LogP contribution in [0.2, 0.25) is 0 Å². The van der Waals surface area contributed by atoms with E-state index in [4.69, 9.17) is 4.84 Å². The fourth-order valence-electron chi connectivity index (χ4n) is 3.60. The number of piperidine rings is 1. The first-order valence-electron chi connectivity index (χ1n) is 7.37. The van der Waals surface area contributed by atoms with E-state index in [9.17, 15) is 18.0 Å². The minimum absolute atomic E-state index is 0.369. The van der Waals surface area contributed by atoms with Gasteiger partial charge in [-0.25, -0.2) is 9.63 Å². The molecule has 1 aromatic carbocycles. The van der Waals surface area contributed by atoms with Crippen molar-refractivity contribution in [1.29, 1.82) is 0 Å². The topological polar surface area (TPSA) is 35.9 Å². The first-order valence-corrected chi connectivity index (χ1v) is 7.37. The van der Waals surface area contributed by atoms with Crippen LogP contribution in [-0.2, 0) is 4.84 Å². The van der Waals surface area contributed by atoms with Gasteiger partial charge in [-0.2, -0.15) is 18.2 Å². The van der Waals surface area contributed by atoms with Crippen molar-refractivity contribution in [2.24, 2.45) is 11.8 Å². The van der Waals surface area contributed by atoms with Crippen molar-refractivity contribution < 1.29 is 22.8 Å². The highest BCUT2D eigenvalue weighted by Crippen LogP contribution is 2.57. The molecule has 2 saturated heterocycles. The molecule has 0 N–H and O–H groups in total. The van der Waals surface area contributed by atoms with E-state index in [-0.39, 0.29) is 0 Å². The minimum Gasteiger partial charge on any atom is -0.319 e. The molecule has 1 aromatic rings. The summed E-state index contributed by atoms with van der Waals surface area (Å²) in [5.74, 6) is -1.80. The summed E-state index contributed by atoms with van der Waals surface area (Å²) in [4.78, 5) is 19.0. The molecule has 0 spiro atoms. The maximum absolute atomic E-state index is 13.0. The molecular formula is C15H15F3N2O2. The Balaban J connectivity index is 1.46. The van der Waals surface area contributed by atoms with E-state index in [2.05, 4.69) is 0 Å². The number of carbonyl (C=O) groups is 1. The molecule has 4 atom stereocenters. The van der Waals surface area contributed by atoms with Crippen LogP contribution in [-0.4, -0.2) is 34.8 Å². The van der Waals surface area contributed by atoms with Gasteiger partial charge in [0.2, 0.25) is 6.23 Å². The highest BCUT2D eigenvalue weighted by atomic mass is 19.4. The first-order chi connectivity index (χ1) is 10.5. The molecule has 0 radical (unpaired) electrons. The number of hydroxylamine groups is 2. The van der Waals surface area contributed by atoms with E-state index in [1.807, 2.05) is 30.3 Å². The van der Waals surface area contributed by atoms with E-state index in [1.54, 1.807) is 0 Å². The smallest absolute Gasteiger partial charge is 0.319 e. The number of likely N-dealkylation sites (tertiary alicyclic amines) is 1. The standard InChI is InChI=1S/C15H15F3N2O2/c16-15(17,18)11-10-7-4-8-19(12(10)11)14(21)20-13(22-20)9-5-2-1-3-6-9/h1-3,5-6,10-13H,4,7-8H2. The number of hydrogen-bond donors (Lipinski definition) is 0. The highest BCUT2D eigenvalue weighted by molar-refractivity contribution is 5.76. The molecule has 1 aliphatic carbocycles. The largest absolute Gasteiger partial charge is 0.394 e. The maximum Gasteiger partial charge on any atom is 0.394 e. The van der Waals surface area contributed by atoms with Crippen LogP contribution < -0.4 is 0 Å². The monoisotopic (exact) mass is 312 g/mol. The summed E-state index contributed by atoms with van der Waals surface area (Å²) >= 11 is 0. The molecule has 1 saturated carbocycles. The molecule has 0 bridgehead atoms. The van der Waals surface area contributed by atoms with Gasteiger partial charge in [-0.15, -0.1) is 0 Å². The molecule has 3 aliphatic rings. The van der Waals surface area contributed by atoms with Crippen LogP contribution in [0.1, 0.15) is 24.6 Å². The lowest BCUT2D eigenvalue weighted by Gasteiger charge is -2.26. The van der Waals surface area contributed by atoms with Crippen LogP contribution in [0.3, 0.4) is 0 Å². The molecule has 118 valence electrons. The number of amides is 2. The summed E-state index contributed by atoms with van der Waals surface area (Å²) in [6.45, 7) is 0.369. The molecule has 4 unspecified atom stereocenters. The average molecular weight is 312 g/mol. The predicted molar refractivity (Wildman–Crippen MR) is 70.3 cm³/mol. The van der Waals surface area contributed by atoms with E-state index < -0.39 is 36.3 Å². The summed E-state index contributed by atoms with van der Waals surface area (Å²) < 4.78 is 38.9. The third kappa shape index (κ3) is 2.15. The normalized spacial score (nSPS) is 33.4. The number of urea groups is 1. The zero-order chi connectivity index (χ0) is 15.5. The SMILES string of the molecule is O=C(N1CCCC2C1C2C(F)(F)F)N1OC1c1ccccc1. The van der Waals surface area contributed by atoms with Gasteiger partial charge in [0.1, 0.15) is 0 Å². The molecule has 3 fully saturated rings. The van der Waals surface area contributed by atoms with Crippen molar-refractivity contribution >= 4 is 6.03 Å². The first kappa shape index (κ1) is 13.9. The second-order valence-electron chi connectivity index (χ2n) is 6.03. The fourth-order valence-corrected chi connectivity index (χ4v) is 3.60. The summed E-state index contributed by atoms with van der Waals surface area (Å²) in [5, 5.41) is 1.17. The van der Waals surface area contributed by atoms with Gasteiger partial charge in [-0.3, -0.25) is 0 Å². The van der Waals surface area contributed by atoms with Crippen LogP contribution >= 0.6 is 0 Å².